The molecule has 6 nitrogen and oxygen atoms in total. The highest BCUT2D eigenvalue weighted by Gasteiger charge is 2.41. The Bertz CT molecular complexity index is 153. The first-order valence-electron chi connectivity index (χ1n) is 2.76. The third-order valence-corrected chi connectivity index (χ3v) is 1.79. The van der Waals surface area contributed by atoms with Crippen molar-refractivity contribution in [2.45, 2.75) is 6.42 Å². The van der Waals surface area contributed by atoms with Crippen LogP contribution in [-0.2, 0) is 9.59 Å². The van der Waals surface area contributed by atoms with Crippen LogP contribution in [0.4, 0.5) is 0 Å². The van der Waals surface area contributed by atoms with Gasteiger partial charge in [-0.2, -0.15) is 14.7 Å². The average molecular weight is 182 g/mol. The molecule has 0 aliphatic carbocycles. The molecule has 11 heavy (non-hydrogen) atoms. The summed E-state index contributed by atoms with van der Waals surface area (Å²) in [6.07, 6.45) is 0.0928. The molecule has 0 aliphatic heterocycles. The van der Waals surface area contributed by atoms with Crippen molar-refractivity contribution in [1.82, 2.24) is 5.32 Å². The van der Waals surface area contributed by atoms with Gasteiger partial charge in [-0.3, -0.25) is 4.79 Å². The summed E-state index contributed by atoms with van der Waals surface area (Å²) in [4.78, 5) is 45.1. The monoisotopic (exact) mass is 182 g/mol. The van der Waals surface area contributed by atoms with Crippen LogP contribution in [0.2, 0.25) is 0 Å². The van der Waals surface area contributed by atoms with Crippen LogP contribution in [0.1, 0.15) is 6.42 Å². The zero-order chi connectivity index (χ0) is 8.91. The standard InChI is InChI=1S/C4H8NO5P/c6-3-5-2-1-4(7)11(8,9)10/h3,8-10H,1-2H2/p+1. The van der Waals surface area contributed by atoms with Crippen molar-refractivity contribution < 1.29 is 24.3 Å². The fraction of sp³-hybridized carbons (Fsp3) is 0.500. The van der Waals surface area contributed by atoms with E-state index in [1.54, 1.807) is 0 Å². The van der Waals surface area contributed by atoms with E-state index in [0.29, 0.717) is 6.41 Å². The Kier molecular flexibility index (Phi) is 4.14. The van der Waals surface area contributed by atoms with E-state index in [2.05, 4.69) is 5.32 Å². The maximum atomic E-state index is 10.5. The molecule has 0 unspecified atom stereocenters. The van der Waals surface area contributed by atoms with Crippen LogP contribution in [-0.4, -0.2) is 33.2 Å². The number of nitrogens with one attached hydrogen (secondary N) is 1. The number of amides is 1. The summed E-state index contributed by atoms with van der Waals surface area (Å²) in [6, 6.07) is 0. The van der Waals surface area contributed by atoms with Crippen molar-refractivity contribution in [3.05, 3.63) is 0 Å². The molecule has 64 valence electrons. The third-order valence-electron chi connectivity index (χ3n) is 0.901. The molecule has 0 rings (SSSR count). The second kappa shape index (κ2) is 4.35. The molecule has 0 aliphatic rings. The van der Waals surface area contributed by atoms with Crippen LogP contribution in [0, 0.1) is 0 Å². The Hall–Kier alpha value is -0.550. The van der Waals surface area contributed by atoms with Gasteiger partial charge in [-0.15, -0.1) is 0 Å². The van der Waals surface area contributed by atoms with Gasteiger partial charge < -0.3 is 5.32 Å². The van der Waals surface area contributed by atoms with E-state index in [1.165, 1.54) is 0 Å². The van der Waals surface area contributed by atoms with Crippen LogP contribution < -0.4 is 5.32 Å². The number of hydrogen-bond acceptors (Lipinski definition) is 5. The number of carbonyl (C=O) groups is 2. The maximum Gasteiger partial charge on any atom is 0.478 e. The van der Waals surface area contributed by atoms with Crippen molar-refractivity contribution in [3.63, 3.8) is 0 Å². The van der Waals surface area contributed by atoms with Crippen molar-refractivity contribution >= 4 is 19.9 Å². The predicted octanol–water partition coefficient (Wildman–Crippen LogP) is -1.61. The van der Waals surface area contributed by atoms with Crippen LogP contribution >= 0.6 is 7.94 Å². The predicted molar refractivity (Wildman–Crippen MR) is 37.3 cm³/mol. The Morgan fingerprint density at radius 1 is 1.45 bits per heavy atom. The lowest BCUT2D eigenvalue weighted by molar-refractivity contribution is -0.114. The van der Waals surface area contributed by atoms with Crippen molar-refractivity contribution in [3.8, 4) is 0 Å². The van der Waals surface area contributed by atoms with E-state index in [0.717, 1.165) is 0 Å². The third kappa shape index (κ3) is 4.80. The van der Waals surface area contributed by atoms with Crippen molar-refractivity contribution in [1.29, 1.82) is 0 Å². The summed E-state index contributed by atoms with van der Waals surface area (Å²) in [5, 5.41) is 2.13. The van der Waals surface area contributed by atoms with Crippen LogP contribution in [0.3, 0.4) is 0 Å². The van der Waals surface area contributed by atoms with E-state index in [1.807, 2.05) is 0 Å². The zero-order valence-corrected chi connectivity index (χ0v) is 6.49. The SMILES string of the molecule is O=CNCCC(=O)[P+](O)(O)O. The fourth-order valence-corrected chi connectivity index (χ4v) is 0.800. The first kappa shape index (κ1) is 10.4. The minimum Gasteiger partial charge on any atom is -0.358 e. The van der Waals surface area contributed by atoms with E-state index >= 15 is 0 Å². The van der Waals surface area contributed by atoms with Crippen LogP contribution in [0.5, 0.6) is 0 Å². The van der Waals surface area contributed by atoms with Gasteiger partial charge in [0.2, 0.25) is 6.41 Å². The van der Waals surface area contributed by atoms with Gasteiger partial charge in [0.05, 0.1) is 6.42 Å². The van der Waals surface area contributed by atoms with Gasteiger partial charge in [-0.25, -0.2) is 4.79 Å². The maximum absolute atomic E-state index is 10.5. The fourth-order valence-electron chi connectivity index (χ4n) is 0.388. The summed E-state index contributed by atoms with van der Waals surface area (Å²) < 4.78 is 0. The van der Waals surface area contributed by atoms with Gasteiger partial charge in [0.1, 0.15) is 0 Å². The Balaban J connectivity index is 3.62. The van der Waals surface area contributed by atoms with Gasteiger partial charge >= 0.3 is 13.5 Å². The van der Waals surface area contributed by atoms with E-state index in [4.69, 9.17) is 14.7 Å². The molecule has 0 radical (unpaired) electrons. The van der Waals surface area contributed by atoms with Crippen LogP contribution in [0.15, 0.2) is 0 Å². The molecule has 7 heteroatoms. The molecule has 0 heterocycles. The topological polar surface area (TPSA) is 107 Å². The molecule has 0 fully saturated rings. The van der Waals surface area contributed by atoms with Gasteiger partial charge in [-0.05, 0) is 0 Å². The second-order valence-corrected chi connectivity index (χ2v) is 3.42. The molecule has 1 amide bonds. The molecule has 0 spiro atoms. The Morgan fingerprint density at radius 2 is 2.00 bits per heavy atom. The minimum absolute atomic E-state index is 0.00817. The molecule has 0 saturated carbocycles. The summed E-state index contributed by atoms with van der Waals surface area (Å²) >= 11 is 0. The number of hydrogen-bond donors (Lipinski definition) is 4. The van der Waals surface area contributed by atoms with Crippen molar-refractivity contribution in [2.24, 2.45) is 0 Å². The molecular formula is C4H9NO5P+. The first-order valence-corrected chi connectivity index (χ1v) is 4.41. The Morgan fingerprint density at radius 3 is 2.36 bits per heavy atom. The summed E-state index contributed by atoms with van der Waals surface area (Å²) in [6.45, 7) is -0.00817. The van der Waals surface area contributed by atoms with E-state index < -0.39 is 13.5 Å². The summed E-state index contributed by atoms with van der Waals surface area (Å²) in [5.74, 6) is 0. The zero-order valence-electron chi connectivity index (χ0n) is 5.60. The van der Waals surface area contributed by atoms with E-state index in [9.17, 15) is 9.59 Å². The van der Waals surface area contributed by atoms with Gasteiger partial charge in [0.25, 0.3) is 0 Å². The lowest BCUT2D eigenvalue weighted by Crippen LogP contribution is -2.17. The Labute approximate surface area is 63.4 Å². The van der Waals surface area contributed by atoms with Gasteiger partial charge in [0.15, 0.2) is 0 Å². The molecule has 0 aromatic carbocycles. The largest absolute Gasteiger partial charge is 0.478 e. The molecular weight excluding hydrogens is 173 g/mol. The van der Waals surface area contributed by atoms with Crippen molar-refractivity contribution in [2.75, 3.05) is 6.54 Å². The first-order chi connectivity index (χ1) is 4.98. The minimum atomic E-state index is -4.34. The molecule has 0 bridgehead atoms. The second-order valence-electron chi connectivity index (χ2n) is 1.78. The normalized spacial score (nSPS) is 10.8. The number of rotatable bonds is 5. The van der Waals surface area contributed by atoms with Gasteiger partial charge in [0, 0.05) is 6.54 Å². The molecule has 0 atom stereocenters. The quantitative estimate of drug-likeness (QED) is 0.232. The molecule has 0 aromatic rings. The summed E-state index contributed by atoms with van der Waals surface area (Å²) in [7, 11) is -4.34. The lowest BCUT2D eigenvalue weighted by atomic mass is 10.5. The smallest absolute Gasteiger partial charge is 0.358 e. The number of carbonyl (C=O) groups excluding carboxylic acids is 2. The molecule has 0 saturated heterocycles. The molecule has 0 aromatic heterocycles. The van der Waals surface area contributed by atoms with Crippen LogP contribution in [0.25, 0.3) is 0 Å². The van der Waals surface area contributed by atoms with Gasteiger partial charge in [-0.1, -0.05) is 0 Å². The molecule has 4 N–H and O–H groups in total. The summed E-state index contributed by atoms with van der Waals surface area (Å²) in [5.41, 5.74) is -1.05. The highest BCUT2D eigenvalue weighted by Crippen LogP contribution is 2.46. The van der Waals surface area contributed by atoms with E-state index in [-0.39, 0.29) is 13.0 Å². The highest BCUT2D eigenvalue weighted by molar-refractivity contribution is 7.76. The average Bonchev–Trinajstić information content (AvgIpc) is 1.86. The lowest BCUT2D eigenvalue weighted by Gasteiger charge is -2.00. The highest BCUT2D eigenvalue weighted by atomic mass is 31.2.